The molecule has 4 nitrogen and oxygen atoms in total. The van der Waals surface area contributed by atoms with Crippen LogP contribution in [0.5, 0.6) is 0 Å². The highest BCUT2D eigenvalue weighted by Crippen LogP contribution is 2.23. The third kappa shape index (κ3) is 4.98. The summed E-state index contributed by atoms with van der Waals surface area (Å²) in [4.78, 5) is 0. The lowest BCUT2D eigenvalue weighted by Crippen LogP contribution is -2.19. The molecule has 0 saturated heterocycles. The van der Waals surface area contributed by atoms with Gasteiger partial charge in [-0.3, -0.25) is 4.68 Å². The van der Waals surface area contributed by atoms with Gasteiger partial charge in [0.25, 0.3) is 0 Å². The second-order valence-electron chi connectivity index (χ2n) is 5.69. The van der Waals surface area contributed by atoms with E-state index in [9.17, 15) is 0 Å². The Morgan fingerprint density at radius 1 is 1.15 bits per heavy atom. The van der Waals surface area contributed by atoms with Crippen molar-refractivity contribution in [3.05, 3.63) is 74.3 Å². The summed E-state index contributed by atoms with van der Waals surface area (Å²) in [6, 6.07) is 13.4. The first-order valence-electron chi connectivity index (χ1n) is 7.72. The number of aromatic nitrogens is 2. The van der Waals surface area contributed by atoms with Crippen molar-refractivity contribution in [2.45, 2.75) is 13.5 Å². The van der Waals surface area contributed by atoms with Crippen LogP contribution in [0.1, 0.15) is 11.1 Å². The quantitative estimate of drug-likeness (QED) is 0.451. The van der Waals surface area contributed by atoms with Crippen molar-refractivity contribution in [3.63, 3.8) is 0 Å². The Hall–Kier alpha value is -1.60. The van der Waals surface area contributed by atoms with Gasteiger partial charge in [-0.2, -0.15) is 5.10 Å². The molecule has 0 amide bonds. The Morgan fingerprint density at radius 2 is 1.88 bits per heavy atom. The van der Waals surface area contributed by atoms with Crippen LogP contribution in [0, 0.1) is 6.92 Å². The van der Waals surface area contributed by atoms with E-state index in [1.165, 1.54) is 0 Å². The van der Waals surface area contributed by atoms with Gasteiger partial charge in [-0.05, 0) is 70.5 Å². The van der Waals surface area contributed by atoms with Crippen LogP contribution in [0.15, 0.2) is 53.1 Å². The van der Waals surface area contributed by atoms with Crippen molar-refractivity contribution in [2.24, 2.45) is 0 Å². The molecule has 0 aliphatic heterocycles. The Labute approximate surface area is 175 Å². The molecular weight excluding hydrogens is 455 g/mol. The number of hydrogen-bond acceptors (Lipinski definition) is 2. The van der Waals surface area contributed by atoms with Gasteiger partial charge in [0.1, 0.15) is 0 Å². The zero-order valence-electron chi connectivity index (χ0n) is 13.8. The van der Waals surface area contributed by atoms with Gasteiger partial charge >= 0.3 is 0 Å². The molecule has 3 rings (SSSR count). The molecule has 0 aliphatic carbocycles. The van der Waals surface area contributed by atoms with Gasteiger partial charge in [-0.25, -0.2) is 0 Å². The third-order valence-electron chi connectivity index (χ3n) is 3.64. The molecule has 0 spiro atoms. The van der Waals surface area contributed by atoms with E-state index in [1.807, 2.05) is 60.3 Å². The Kier molecular flexibility index (Phi) is 6.19. The van der Waals surface area contributed by atoms with Crippen LogP contribution < -0.4 is 10.6 Å². The number of benzene rings is 2. The maximum atomic E-state index is 6.14. The first-order chi connectivity index (χ1) is 12.4. The van der Waals surface area contributed by atoms with Gasteiger partial charge in [-0.15, -0.1) is 0 Å². The van der Waals surface area contributed by atoms with Crippen molar-refractivity contribution < 1.29 is 0 Å². The normalized spacial score (nSPS) is 10.6. The fraction of sp³-hybridized carbons (Fsp3) is 0.111. The first-order valence-corrected chi connectivity index (χ1v) is 9.68. The van der Waals surface area contributed by atoms with Crippen LogP contribution in [0.4, 0.5) is 11.5 Å². The molecule has 2 aromatic carbocycles. The van der Waals surface area contributed by atoms with E-state index < -0.39 is 0 Å². The summed E-state index contributed by atoms with van der Waals surface area (Å²) in [5, 5.41) is 12.5. The maximum Gasteiger partial charge on any atom is 0.176 e. The fourth-order valence-electron chi connectivity index (χ4n) is 2.28. The van der Waals surface area contributed by atoms with Crippen LogP contribution in [0.3, 0.4) is 0 Å². The highest BCUT2D eigenvalue weighted by atomic mass is 79.9. The lowest BCUT2D eigenvalue weighted by Gasteiger charge is -2.10. The Bertz CT molecular complexity index is 941. The molecule has 0 saturated carbocycles. The minimum atomic E-state index is 0.433. The zero-order valence-corrected chi connectivity index (χ0v) is 17.7. The second kappa shape index (κ2) is 8.39. The van der Waals surface area contributed by atoms with Crippen LogP contribution >= 0.6 is 51.3 Å². The molecule has 134 valence electrons. The van der Waals surface area contributed by atoms with Crippen LogP contribution in [-0.2, 0) is 6.54 Å². The third-order valence-corrected chi connectivity index (χ3v) is 5.08. The fourth-order valence-corrected chi connectivity index (χ4v) is 3.22. The highest BCUT2D eigenvalue weighted by Gasteiger charge is 2.09. The summed E-state index contributed by atoms with van der Waals surface area (Å²) < 4.78 is 2.64. The van der Waals surface area contributed by atoms with Crippen molar-refractivity contribution in [2.75, 3.05) is 10.6 Å². The molecule has 0 radical (unpaired) electrons. The summed E-state index contributed by atoms with van der Waals surface area (Å²) in [6.45, 7) is 2.58. The molecule has 0 aliphatic rings. The molecule has 1 aromatic heterocycles. The van der Waals surface area contributed by atoms with E-state index in [-0.39, 0.29) is 0 Å². The molecule has 0 unspecified atom stereocenters. The minimum Gasteiger partial charge on any atom is -0.332 e. The van der Waals surface area contributed by atoms with Crippen molar-refractivity contribution >= 4 is 68.0 Å². The Morgan fingerprint density at radius 3 is 2.58 bits per heavy atom. The first kappa shape index (κ1) is 19.2. The number of rotatable bonds is 4. The number of aryl methyl sites for hydroxylation is 1. The van der Waals surface area contributed by atoms with Crippen LogP contribution in [0.2, 0.25) is 10.0 Å². The summed E-state index contributed by atoms with van der Waals surface area (Å²) >= 11 is 20.9. The molecule has 0 atom stereocenters. The minimum absolute atomic E-state index is 0.433. The second-order valence-corrected chi connectivity index (χ2v) is 7.80. The molecule has 2 N–H and O–H groups in total. The summed E-state index contributed by atoms with van der Waals surface area (Å²) in [5.74, 6) is 0.634. The van der Waals surface area contributed by atoms with E-state index >= 15 is 0 Å². The summed E-state index contributed by atoms with van der Waals surface area (Å²) in [5.41, 5.74) is 2.93. The van der Waals surface area contributed by atoms with Gasteiger partial charge in [0.2, 0.25) is 0 Å². The largest absolute Gasteiger partial charge is 0.332 e. The average Bonchev–Trinajstić information content (AvgIpc) is 2.92. The van der Waals surface area contributed by atoms with E-state index in [4.69, 9.17) is 35.4 Å². The molecule has 0 fully saturated rings. The number of hydrogen-bond donors (Lipinski definition) is 2. The monoisotopic (exact) mass is 468 g/mol. The lowest BCUT2D eigenvalue weighted by atomic mass is 10.2. The zero-order chi connectivity index (χ0) is 18.7. The van der Waals surface area contributed by atoms with E-state index in [1.54, 1.807) is 0 Å². The van der Waals surface area contributed by atoms with Gasteiger partial charge < -0.3 is 10.6 Å². The van der Waals surface area contributed by atoms with Gasteiger partial charge in [0.15, 0.2) is 10.9 Å². The number of anilines is 2. The maximum absolute atomic E-state index is 6.14. The SMILES string of the molecule is Cc1ccc(NC(=S)Nc2nn(Cc3ccc(Cl)cc3)cc2Br)cc1Cl. The summed E-state index contributed by atoms with van der Waals surface area (Å²) in [6.07, 6.45) is 1.89. The van der Waals surface area contributed by atoms with E-state index in [0.29, 0.717) is 27.5 Å². The van der Waals surface area contributed by atoms with Gasteiger partial charge in [0.05, 0.1) is 11.0 Å². The lowest BCUT2D eigenvalue weighted by molar-refractivity contribution is 0.689. The standard InChI is InChI=1S/C18H15BrCl2N4S/c1-11-2-7-14(8-16(11)21)22-18(26)23-17-15(19)10-25(24-17)9-12-3-5-13(20)6-4-12/h2-8,10H,9H2,1H3,(H2,22,23,24,26). The van der Waals surface area contributed by atoms with Gasteiger partial charge in [-0.1, -0.05) is 41.4 Å². The highest BCUT2D eigenvalue weighted by molar-refractivity contribution is 9.10. The van der Waals surface area contributed by atoms with Crippen LogP contribution in [-0.4, -0.2) is 14.9 Å². The predicted molar refractivity (Wildman–Crippen MR) is 117 cm³/mol. The molecule has 26 heavy (non-hydrogen) atoms. The molecule has 3 aromatic rings. The smallest absolute Gasteiger partial charge is 0.176 e. The van der Waals surface area contributed by atoms with Crippen molar-refractivity contribution in [1.82, 2.24) is 9.78 Å². The van der Waals surface area contributed by atoms with E-state index in [0.717, 1.165) is 21.3 Å². The predicted octanol–water partition coefficient (Wildman–Crippen LogP) is 6.12. The van der Waals surface area contributed by atoms with Crippen molar-refractivity contribution in [3.8, 4) is 0 Å². The number of nitrogens with zero attached hydrogens (tertiary/aromatic N) is 2. The topological polar surface area (TPSA) is 41.9 Å². The number of nitrogens with one attached hydrogen (secondary N) is 2. The Balaban J connectivity index is 1.65. The summed E-state index contributed by atoms with van der Waals surface area (Å²) in [7, 11) is 0. The molecule has 0 bridgehead atoms. The molecule has 1 heterocycles. The number of thiocarbonyl (C=S) groups is 1. The molecule has 8 heteroatoms. The van der Waals surface area contributed by atoms with E-state index in [2.05, 4.69) is 31.7 Å². The average molecular weight is 470 g/mol. The van der Waals surface area contributed by atoms with Crippen LogP contribution in [0.25, 0.3) is 0 Å². The van der Waals surface area contributed by atoms with Crippen molar-refractivity contribution in [1.29, 1.82) is 0 Å². The molecular formula is C18H15BrCl2N4S. The van der Waals surface area contributed by atoms with Gasteiger partial charge in [0, 0.05) is 21.9 Å². The number of halogens is 3.